The standard InChI is InChI=1S/C10H20N2O2/c1-11-8-9-4-3-6-12(9)7-5-10(13)14-2/h9,11H,3-8H2,1-2H3. The third-order valence-electron chi connectivity index (χ3n) is 2.77. The van der Waals surface area contributed by atoms with Crippen LogP contribution in [0, 0.1) is 0 Å². The van der Waals surface area contributed by atoms with Crippen LogP contribution in [0.25, 0.3) is 0 Å². The molecule has 0 aliphatic carbocycles. The van der Waals surface area contributed by atoms with E-state index in [1.807, 2.05) is 7.05 Å². The molecule has 4 heteroatoms. The fourth-order valence-corrected chi connectivity index (χ4v) is 1.99. The maximum absolute atomic E-state index is 11.0. The lowest BCUT2D eigenvalue weighted by atomic mass is 10.2. The van der Waals surface area contributed by atoms with Gasteiger partial charge in [-0.15, -0.1) is 0 Å². The molecule has 1 heterocycles. The average molecular weight is 200 g/mol. The highest BCUT2D eigenvalue weighted by Crippen LogP contribution is 2.16. The number of methoxy groups -OCH3 is 1. The van der Waals surface area contributed by atoms with Crippen molar-refractivity contribution in [3.05, 3.63) is 0 Å². The highest BCUT2D eigenvalue weighted by Gasteiger charge is 2.23. The van der Waals surface area contributed by atoms with Crippen LogP contribution >= 0.6 is 0 Å². The topological polar surface area (TPSA) is 41.6 Å². The number of carbonyl (C=O) groups is 1. The van der Waals surface area contributed by atoms with E-state index in [4.69, 9.17) is 0 Å². The summed E-state index contributed by atoms with van der Waals surface area (Å²) >= 11 is 0. The number of rotatable bonds is 5. The summed E-state index contributed by atoms with van der Waals surface area (Å²) in [6, 6.07) is 0.602. The molecule has 0 bridgehead atoms. The van der Waals surface area contributed by atoms with Gasteiger partial charge in [0.1, 0.15) is 0 Å². The van der Waals surface area contributed by atoms with Crippen molar-refractivity contribution in [1.82, 2.24) is 10.2 Å². The van der Waals surface area contributed by atoms with E-state index in [0.29, 0.717) is 12.5 Å². The van der Waals surface area contributed by atoms with E-state index >= 15 is 0 Å². The van der Waals surface area contributed by atoms with Gasteiger partial charge < -0.3 is 10.1 Å². The fraction of sp³-hybridized carbons (Fsp3) is 0.900. The van der Waals surface area contributed by atoms with Crippen LogP contribution in [0.15, 0.2) is 0 Å². The van der Waals surface area contributed by atoms with Crippen LogP contribution in [0.1, 0.15) is 19.3 Å². The molecule has 1 saturated heterocycles. The number of likely N-dealkylation sites (N-methyl/N-ethyl adjacent to an activating group) is 1. The molecule has 0 amide bonds. The minimum Gasteiger partial charge on any atom is -0.469 e. The maximum Gasteiger partial charge on any atom is 0.306 e. The third kappa shape index (κ3) is 3.27. The lowest BCUT2D eigenvalue weighted by Gasteiger charge is -2.23. The van der Waals surface area contributed by atoms with Crippen LogP contribution in [0.4, 0.5) is 0 Å². The number of carbonyl (C=O) groups excluding carboxylic acids is 1. The van der Waals surface area contributed by atoms with Gasteiger partial charge in [0.05, 0.1) is 13.5 Å². The second-order valence-corrected chi connectivity index (χ2v) is 3.72. The molecule has 0 spiro atoms. The number of ether oxygens (including phenoxy) is 1. The van der Waals surface area contributed by atoms with Crippen molar-refractivity contribution in [3.8, 4) is 0 Å². The molecule has 0 aromatic rings. The number of nitrogens with one attached hydrogen (secondary N) is 1. The molecule has 82 valence electrons. The van der Waals surface area contributed by atoms with E-state index in [1.54, 1.807) is 0 Å². The Labute approximate surface area is 85.6 Å². The summed E-state index contributed by atoms with van der Waals surface area (Å²) in [5, 5.41) is 3.18. The molecule has 1 fully saturated rings. The molecule has 0 saturated carbocycles. The number of hydrogen-bond donors (Lipinski definition) is 1. The lowest BCUT2D eigenvalue weighted by Crippen LogP contribution is -2.37. The molecule has 1 N–H and O–H groups in total. The van der Waals surface area contributed by atoms with E-state index in [2.05, 4.69) is 15.0 Å². The van der Waals surface area contributed by atoms with Crippen molar-refractivity contribution in [1.29, 1.82) is 0 Å². The monoisotopic (exact) mass is 200 g/mol. The minimum absolute atomic E-state index is 0.111. The molecule has 0 aromatic carbocycles. The van der Waals surface area contributed by atoms with Gasteiger partial charge in [-0.25, -0.2) is 0 Å². The molecule has 1 unspecified atom stereocenters. The molecule has 14 heavy (non-hydrogen) atoms. The Morgan fingerprint density at radius 1 is 1.64 bits per heavy atom. The number of likely N-dealkylation sites (tertiary alicyclic amines) is 1. The van der Waals surface area contributed by atoms with Gasteiger partial charge in [0.15, 0.2) is 0 Å². The number of nitrogens with zero attached hydrogens (tertiary/aromatic N) is 1. The van der Waals surface area contributed by atoms with Crippen molar-refractivity contribution in [2.75, 3.05) is 33.8 Å². The summed E-state index contributed by atoms with van der Waals surface area (Å²) in [5.74, 6) is -0.111. The summed E-state index contributed by atoms with van der Waals surface area (Å²) in [6.45, 7) is 2.96. The van der Waals surface area contributed by atoms with Gasteiger partial charge >= 0.3 is 5.97 Å². The predicted octanol–water partition coefficient (Wildman–Crippen LogP) is 0.233. The zero-order chi connectivity index (χ0) is 10.4. The van der Waals surface area contributed by atoms with E-state index < -0.39 is 0 Å². The average Bonchev–Trinajstić information content (AvgIpc) is 2.62. The smallest absolute Gasteiger partial charge is 0.306 e. The summed E-state index contributed by atoms with van der Waals surface area (Å²) in [5.41, 5.74) is 0. The van der Waals surface area contributed by atoms with E-state index in [0.717, 1.165) is 19.6 Å². The normalized spacial score (nSPS) is 22.6. The third-order valence-corrected chi connectivity index (χ3v) is 2.77. The highest BCUT2D eigenvalue weighted by atomic mass is 16.5. The van der Waals surface area contributed by atoms with Crippen LogP contribution in [-0.2, 0) is 9.53 Å². The molecule has 1 atom stereocenters. The van der Waals surface area contributed by atoms with Gasteiger partial charge in [-0.05, 0) is 26.4 Å². The number of hydrogen-bond acceptors (Lipinski definition) is 4. The van der Waals surface area contributed by atoms with E-state index in [-0.39, 0.29) is 5.97 Å². The summed E-state index contributed by atoms with van der Waals surface area (Å²) in [6.07, 6.45) is 2.99. The summed E-state index contributed by atoms with van der Waals surface area (Å²) in [7, 11) is 3.41. The van der Waals surface area contributed by atoms with Crippen LogP contribution in [0.2, 0.25) is 0 Å². The fourth-order valence-electron chi connectivity index (χ4n) is 1.99. The first-order valence-corrected chi connectivity index (χ1v) is 5.23. The molecule has 1 aliphatic rings. The van der Waals surface area contributed by atoms with Crippen LogP contribution in [-0.4, -0.2) is 50.7 Å². The van der Waals surface area contributed by atoms with Crippen molar-refractivity contribution in [2.24, 2.45) is 0 Å². The van der Waals surface area contributed by atoms with E-state index in [1.165, 1.54) is 20.0 Å². The van der Waals surface area contributed by atoms with Crippen LogP contribution in [0.5, 0.6) is 0 Å². The first kappa shape index (κ1) is 11.5. The summed E-state index contributed by atoms with van der Waals surface area (Å²) in [4.78, 5) is 13.3. The second kappa shape index (κ2) is 5.98. The van der Waals surface area contributed by atoms with Gasteiger partial charge in [0.2, 0.25) is 0 Å². The Hall–Kier alpha value is -0.610. The molecular formula is C10H20N2O2. The Balaban J connectivity index is 2.25. The van der Waals surface area contributed by atoms with Gasteiger partial charge in [-0.1, -0.05) is 0 Å². The Bertz CT molecular complexity index is 185. The molecule has 1 aliphatic heterocycles. The van der Waals surface area contributed by atoms with Gasteiger partial charge in [-0.2, -0.15) is 0 Å². The van der Waals surface area contributed by atoms with Gasteiger partial charge in [0, 0.05) is 19.1 Å². The minimum atomic E-state index is -0.111. The van der Waals surface area contributed by atoms with Gasteiger partial charge in [0.25, 0.3) is 0 Å². The zero-order valence-corrected chi connectivity index (χ0v) is 9.08. The Morgan fingerprint density at radius 3 is 3.07 bits per heavy atom. The highest BCUT2D eigenvalue weighted by molar-refractivity contribution is 5.69. The molecule has 0 radical (unpaired) electrons. The van der Waals surface area contributed by atoms with Crippen molar-refractivity contribution in [3.63, 3.8) is 0 Å². The SMILES string of the molecule is CNCC1CCCN1CCC(=O)OC. The van der Waals surface area contributed by atoms with Gasteiger partial charge in [-0.3, -0.25) is 9.69 Å². The summed E-state index contributed by atoms with van der Waals surface area (Å²) < 4.78 is 4.62. The first-order chi connectivity index (χ1) is 6.77. The van der Waals surface area contributed by atoms with Crippen molar-refractivity contribution in [2.45, 2.75) is 25.3 Å². The van der Waals surface area contributed by atoms with Crippen molar-refractivity contribution < 1.29 is 9.53 Å². The van der Waals surface area contributed by atoms with Crippen molar-refractivity contribution >= 4 is 5.97 Å². The Morgan fingerprint density at radius 2 is 2.43 bits per heavy atom. The number of esters is 1. The first-order valence-electron chi connectivity index (χ1n) is 5.23. The zero-order valence-electron chi connectivity index (χ0n) is 9.08. The molecule has 4 nitrogen and oxygen atoms in total. The largest absolute Gasteiger partial charge is 0.469 e. The molecular weight excluding hydrogens is 180 g/mol. The van der Waals surface area contributed by atoms with E-state index in [9.17, 15) is 4.79 Å². The second-order valence-electron chi connectivity index (χ2n) is 3.72. The Kier molecular flexibility index (Phi) is 4.90. The van der Waals surface area contributed by atoms with Crippen LogP contribution < -0.4 is 5.32 Å². The molecule has 1 rings (SSSR count). The molecule has 0 aromatic heterocycles. The van der Waals surface area contributed by atoms with Crippen LogP contribution in [0.3, 0.4) is 0 Å². The predicted molar refractivity (Wildman–Crippen MR) is 55.2 cm³/mol. The lowest BCUT2D eigenvalue weighted by molar-refractivity contribution is -0.141. The maximum atomic E-state index is 11.0. The quantitative estimate of drug-likeness (QED) is 0.645.